The zero-order valence-corrected chi connectivity index (χ0v) is 14.0. The van der Waals surface area contributed by atoms with Gasteiger partial charge in [0.05, 0.1) is 4.90 Å². The zero-order valence-electron chi connectivity index (χ0n) is 10.0. The summed E-state index contributed by atoms with van der Waals surface area (Å²) in [6.07, 6.45) is 0.858. The van der Waals surface area contributed by atoms with E-state index in [4.69, 9.17) is 0 Å². The van der Waals surface area contributed by atoms with Crippen LogP contribution in [0.25, 0.3) is 0 Å². The Labute approximate surface area is 125 Å². The van der Waals surface area contributed by atoms with E-state index < -0.39 is 10.0 Å². The average molecular weight is 397 g/mol. The van der Waals surface area contributed by atoms with Crippen molar-refractivity contribution in [1.82, 2.24) is 4.31 Å². The van der Waals surface area contributed by atoms with Crippen LogP contribution in [0, 0.1) is 5.92 Å². The summed E-state index contributed by atoms with van der Waals surface area (Å²) < 4.78 is 27.4. The minimum absolute atomic E-state index is 0.337. The quantitative estimate of drug-likeness (QED) is 0.719. The van der Waals surface area contributed by atoms with Crippen molar-refractivity contribution in [2.75, 3.05) is 13.1 Å². The van der Waals surface area contributed by atoms with Crippen molar-refractivity contribution in [2.45, 2.75) is 23.1 Å². The molecule has 0 saturated carbocycles. The maximum Gasteiger partial charge on any atom is 0.243 e. The van der Waals surface area contributed by atoms with Crippen LogP contribution < -0.4 is 0 Å². The fraction of sp³-hybridized carbons (Fsp3) is 0.500. The number of sulfonamides is 1. The van der Waals surface area contributed by atoms with Crippen molar-refractivity contribution < 1.29 is 8.42 Å². The van der Waals surface area contributed by atoms with E-state index in [9.17, 15) is 8.42 Å². The van der Waals surface area contributed by atoms with Gasteiger partial charge in [-0.15, -0.1) is 0 Å². The Morgan fingerprint density at radius 1 is 1.28 bits per heavy atom. The summed E-state index contributed by atoms with van der Waals surface area (Å²) in [7, 11) is -3.34. The topological polar surface area (TPSA) is 37.4 Å². The van der Waals surface area contributed by atoms with Gasteiger partial charge in [0.25, 0.3) is 0 Å². The van der Waals surface area contributed by atoms with Crippen LogP contribution in [0.2, 0.25) is 0 Å². The van der Waals surface area contributed by atoms with Gasteiger partial charge in [0.1, 0.15) is 0 Å². The second kappa shape index (κ2) is 5.61. The number of piperidine rings is 1. The molecule has 1 saturated heterocycles. The van der Waals surface area contributed by atoms with Crippen LogP contribution >= 0.6 is 31.9 Å². The molecular weight excluding hydrogens is 382 g/mol. The van der Waals surface area contributed by atoms with Crippen molar-refractivity contribution in [3.63, 3.8) is 0 Å². The van der Waals surface area contributed by atoms with Gasteiger partial charge in [0, 0.05) is 22.4 Å². The molecule has 1 aromatic carbocycles. The molecule has 2 unspecified atom stereocenters. The molecule has 6 heteroatoms. The fourth-order valence-electron chi connectivity index (χ4n) is 2.05. The van der Waals surface area contributed by atoms with Gasteiger partial charge in [0.15, 0.2) is 0 Å². The third-order valence-corrected chi connectivity index (χ3v) is 6.98. The molecule has 1 fully saturated rings. The molecular formula is C12H15Br2NO2S. The van der Waals surface area contributed by atoms with Crippen LogP contribution in [0.3, 0.4) is 0 Å². The van der Waals surface area contributed by atoms with E-state index in [1.165, 1.54) is 0 Å². The first kappa shape index (κ1) is 14.5. The largest absolute Gasteiger partial charge is 0.243 e. The van der Waals surface area contributed by atoms with E-state index in [2.05, 4.69) is 38.8 Å². The zero-order chi connectivity index (χ0) is 13.3. The summed E-state index contributed by atoms with van der Waals surface area (Å²) in [5.41, 5.74) is 0. The van der Waals surface area contributed by atoms with Gasteiger partial charge in [-0.3, -0.25) is 0 Å². The number of halogens is 2. The average Bonchev–Trinajstić information content (AvgIpc) is 2.33. The van der Waals surface area contributed by atoms with Gasteiger partial charge in [0.2, 0.25) is 10.0 Å². The van der Waals surface area contributed by atoms with Crippen LogP contribution in [0.1, 0.15) is 13.3 Å². The SMILES string of the molecule is CC1CN(S(=O)(=O)c2ccc(Br)cc2)CCC1Br. The second-order valence-electron chi connectivity index (χ2n) is 4.60. The minimum atomic E-state index is -3.34. The van der Waals surface area contributed by atoms with Gasteiger partial charge in [-0.05, 0) is 36.6 Å². The van der Waals surface area contributed by atoms with E-state index in [1.54, 1.807) is 28.6 Å². The lowest BCUT2D eigenvalue weighted by Crippen LogP contribution is -2.43. The Balaban J connectivity index is 2.24. The van der Waals surface area contributed by atoms with Gasteiger partial charge in [-0.1, -0.05) is 38.8 Å². The van der Waals surface area contributed by atoms with E-state index in [-0.39, 0.29) is 0 Å². The van der Waals surface area contributed by atoms with Crippen LogP contribution in [-0.4, -0.2) is 30.6 Å². The molecule has 1 aliphatic rings. The summed E-state index contributed by atoms with van der Waals surface area (Å²) in [4.78, 5) is 0.778. The van der Waals surface area contributed by atoms with E-state index in [0.717, 1.165) is 10.9 Å². The summed E-state index contributed by atoms with van der Waals surface area (Å²) in [5.74, 6) is 0.337. The van der Waals surface area contributed by atoms with E-state index >= 15 is 0 Å². The Morgan fingerprint density at radius 3 is 2.44 bits per heavy atom. The highest BCUT2D eigenvalue weighted by Gasteiger charge is 2.32. The van der Waals surface area contributed by atoms with Crippen LogP contribution in [0.5, 0.6) is 0 Å². The first-order valence-electron chi connectivity index (χ1n) is 5.81. The van der Waals surface area contributed by atoms with Gasteiger partial charge >= 0.3 is 0 Å². The predicted octanol–water partition coefficient (Wildman–Crippen LogP) is 3.24. The first-order chi connectivity index (χ1) is 8.41. The number of benzene rings is 1. The smallest absolute Gasteiger partial charge is 0.207 e. The van der Waals surface area contributed by atoms with Crippen molar-refractivity contribution in [2.24, 2.45) is 5.92 Å². The summed E-state index contributed by atoms with van der Waals surface area (Å²) in [6, 6.07) is 6.80. The fourth-order valence-corrected chi connectivity index (χ4v) is 4.24. The van der Waals surface area contributed by atoms with Gasteiger partial charge in [-0.2, -0.15) is 4.31 Å². The highest BCUT2D eigenvalue weighted by molar-refractivity contribution is 9.10. The molecule has 1 aliphatic heterocycles. The maximum atomic E-state index is 12.4. The van der Waals surface area contributed by atoms with Gasteiger partial charge in [-0.25, -0.2) is 8.42 Å². The minimum Gasteiger partial charge on any atom is -0.207 e. The van der Waals surface area contributed by atoms with Gasteiger partial charge < -0.3 is 0 Å². The van der Waals surface area contributed by atoms with Crippen LogP contribution in [0.4, 0.5) is 0 Å². The molecule has 0 aliphatic carbocycles. The lowest BCUT2D eigenvalue weighted by Gasteiger charge is -2.33. The summed E-state index contributed by atoms with van der Waals surface area (Å²) >= 11 is 6.90. The number of hydrogen-bond donors (Lipinski definition) is 0. The van der Waals surface area contributed by atoms with Crippen molar-refractivity contribution >= 4 is 41.9 Å². The lowest BCUT2D eigenvalue weighted by molar-refractivity contribution is 0.292. The summed E-state index contributed by atoms with van der Waals surface area (Å²) in [6.45, 7) is 3.23. The second-order valence-corrected chi connectivity index (χ2v) is 8.63. The highest BCUT2D eigenvalue weighted by atomic mass is 79.9. The van der Waals surface area contributed by atoms with Crippen molar-refractivity contribution in [3.8, 4) is 0 Å². The number of rotatable bonds is 2. The molecule has 18 heavy (non-hydrogen) atoms. The summed E-state index contributed by atoms with van der Waals surface area (Å²) in [5, 5.41) is 0. The Hall–Kier alpha value is 0.0900. The Bertz CT molecular complexity index is 515. The standard InChI is InChI=1S/C12H15Br2NO2S/c1-9-8-15(7-6-12(9)14)18(16,17)11-4-2-10(13)3-5-11/h2-5,9,12H,6-8H2,1H3. The number of nitrogens with zero attached hydrogens (tertiary/aromatic N) is 1. The maximum absolute atomic E-state index is 12.4. The molecule has 0 aromatic heterocycles. The monoisotopic (exact) mass is 395 g/mol. The number of alkyl halides is 1. The molecule has 0 N–H and O–H groups in total. The van der Waals surface area contributed by atoms with Crippen molar-refractivity contribution in [3.05, 3.63) is 28.7 Å². The molecule has 0 radical (unpaired) electrons. The molecule has 0 amide bonds. The Kier molecular flexibility index (Phi) is 4.52. The lowest BCUT2D eigenvalue weighted by atomic mass is 10.0. The van der Waals surface area contributed by atoms with Crippen LogP contribution in [-0.2, 0) is 10.0 Å². The molecule has 3 nitrogen and oxygen atoms in total. The van der Waals surface area contributed by atoms with Crippen molar-refractivity contribution in [1.29, 1.82) is 0 Å². The molecule has 0 bridgehead atoms. The normalized spacial score (nSPS) is 26.2. The molecule has 100 valence electrons. The molecule has 1 heterocycles. The molecule has 2 rings (SSSR count). The molecule has 2 atom stereocenters. The Morgan fingerprint density at radius 2 is 1.89 bits per heavy atom. The first-order valence-corrected chi connectivity index (χ1v) is 8.96. The third kappa shape index (κ3) is 2.98. The highest BCUT2D eigenvalue weighted by Crippen LogP contribution is 2.28. The van der Waals surface area contributed by atoms with E-state index in [1.807, 2.05) is 0 Å². The van der Waals surface area contributed by atoms with E-state index in [0.29, 0.717) is 28.7 Å². The third-order valence-electron chi connectivity index (χ3n) is 3.21. The number of hydrogen-bond acceptors (Lipinski definition) is 2. The molecule has 0 spiro atoms. The van der Waals surface area contributed by atoms with Crippen LogP contribution in [0.15, 0.2) is 33.6 Å². The molecule has 1 aromatic rings. The predicted molar refractivity (Wildman–Crippen MR) is 79.4 cm³/mol.